The maximum absolute atomic E-state index is 13.7. The summed E-state index contributed by atoms with van der Waals surface area (Å²) in [7, 11) is -4.28. The predicted octanol–water partition coefficient (Wildman–Crippen LogP) is 5.50. The molecule has 0 aromatic heterocycles. The molecule has 0 saturated heterocycles. The largest absolute Gasteiger partial charge is 0.416 e. The van der Waals surface area contributed by atoms with E-state index < -0.39 is 57.4 Å². The lowest BCUT2D eigenvalue weighted by atomic mass is 10.1. The third-order valence-electron chi connectivity index (χ3n) is 5.37. The van der Waals surface area contributed by atoms with E-state index in [0.717, 1.165) is 12.3 Å². The van der Waals surface area contributed by atoms with E-state index in [1.165, 1.54) is 4.90 Å². The molecule has 38 heavy (non-hydrogen) atoms. The van der Waals surface area contributed by atoms with Crippen LogP contribution in [0.1, 0.15) is 45.2 Å². The third kappa shape index (κ3) is 8.78. The molecule has 1 atom stereocenters. The summed E-state index contributed by atoms with van der Waals surface area (Å²) >= 11 is 12.1. The lowest BCUT2D eigenvalue weighted by Gasteiger charge is -2.34. The molecular weight excluding hydrogens is 566 g/mol. The summed E-state index contributed by atoms with van der Waals surface area (Å²) in [6, 6.07) is 7.69. The van der Waals surface area contributed by atoms with Gasteiger partial charge in [0.25, 0.3) is 0 Å². The van der Waals surface area contributed by atoms with Gasteiger partial charge in [-0.15, -0.1) is 0 Å². The van der Waals surface area contributed by atoms with Crippen molar-refractivity contribution in [3.63, 3.8) is 0 Å². The maximum Gasteiger partial charge on any atom is 0.416 e. The van der Waals surface area contributed by atoms with Crippen LogP contribution in [0.2, 0.25) is 10.0 Å². The highest BCUT2D eigenvalue weighted by molar-refractivity contribution is 7.92. The minimum atomic E-state index is -4.77. The first-order chi connectivity index (χ1) is 17.3. The molecule has 0 spiro atoms. The van der Waals surface area contributed by atoms with Crippen LogP contribution in [0, 0.1) is 0 Å². The Balaban J connectivity index is 2.56. The molecule has 0 saturated carbocycles. The summed E-state index contributed by atoms with van der Waals surface area (Å²) in [5.41, 5.74) is -1.65. The van der Waals surface area contributed by atoms with Crippen molar-refractivity contribution in [3.05, 3.63) is 63.6 Å². The molecule has 0 bridgehead atoms. The van der Waals surface area contributed by atoms with Gasteiger partial charge in [-0.3, -0.25) is 13.9 Å². The molecule has 1 unspecified atom stereocenters. The van der Waals surface area contributed by atoms with Gasteiger partial charge in [-0.05, 0) is 63.1 Å². The average molecular weight is 596 g/mol. The molecule has 0 aliphatic carbocycles. The topological polar surface area (TPSA) is 86.8 Å². The predicted molar refractivity (Wildman–Crippen MR) is 143 cm³/mol. The monoisotopic (exact) mass is 595 g/mol. The summed E-state index contributed by atoms with van der Waals surface area (Å²) in [5, 5.41) is 2.97. The van der Waals surface area contributed by atoms with Crippen LogP contribution in [-0.4, -0.2) is 49.5 Å². The number of benzene rings is 2. The molecular formula is C25H30Cl2F3N3O4S. The van der Waals surface area contributed by atoms with Crippen molar-refractivity contribution in [2.45, 2.75) is 58.4 Å². The standard InChI is InChI=1S/C25H30Cl2F3N3O4S/c1-6-20(23(35)31-24(2,3)4)32(14-16-7-10-18(26)11-8-16)22(34)15-33(38(5,36)37)21-13-17(25(28,29)30)9-12-19(21)27/h7-13,20H,6,14-15H2,1-5H3,(H,31,35). The van der Waals surface area contributed by atoms with Crippen molar-refractivity contribution >= 4 is 50.7 Å². The normalized spacial score (nSPS) is 13.1. The Hall–Kier alpha value is -2.50. The Bertz CT molecular complexity index is 1260. The van der Waals surface area contributed by atoms with Gasteiger partial charge in [0.1, 0.15) is 12.6 Å². The van der Waals surface area contributed by atoms with Gasteiger partial charge in [-0.1, -0.05) is 42.3 Å². The van der Waals surface area contributed by atoms with Crippen LogP contribution in [0.3, 0.4) is 0 Å². The van der Waals surface area contributed by atoms with Crippen LogP contribution in [0.25, 0.3) is 0 Å². The number of amides is 2. The summed E-state index contributed by atoms with van der Waals surface area (Å²) in [5.74, 6) is -1.28. The molecule has 0 aliphatic heterocycles. The van der Waals surface area contributed by atoms with Gasteiger partial charge >= 0.3 is 6.18 Å². The Labute approximate surface area is 230 Å². The highest BCUT2D eigenvalue weighted by Gasteiger charge is 2.35. The van der Waals surface area contributed by atoms with Gasteiger partial charge in [0.15, 0.2) is 0 Å². The van der Waals surface area contributed by atoms with Gasteiger partial charge in [0, 0.05) is 17.1 Å². The Morgan fingerprint density at radius 2 is 1.61 bits per heavy atom. The van der Waals surface area contributed by atoms with E-state index >= 15 is 0 Å². The first kappa shape index (κ1) is 31.7. The van der Waals surface area contributed by atoms with Crippen LogP contribution in [0.4, 0.5) is 18.9 Å². The molecule has 210 valence electrons. The number of nitrogens with one attached hydrogen (secondary N) is 1. The molecule has 0 aliphatic rings. The van der Waals surface area contributed by atoms with Crippen LogP contribution in [-0.2, 0) is 32.3 Å². The van der Waals surface area contributed by atoms with E-state index in [4.69, 9.17) is 23.2 Å². The number of anilines is 1. The van der Waals surface area contributed by atoms with Crippen molar-refractivity contribution < 1.29 is 31.2 Å². The van der Waals surface area contributed by atoms with E-state index in [9.17, 15) is 31.2 Å². The van der Waals surface area contributed by atoms with Crippen LogP contribution >= 0.6 is 23.2 Å². The lowest BCUT2D eigenvalue weighted by Crippen LogP contribution is -2.55. The van der Waals surface area contributed by atoms with Crippen molar-refractivity contribution in [3.8, 4) is 0 Å². The lowest BCUT2D eigenvalue weighted by molar-refractivity contribution is -0.141. The van der Waals surface area contributed by atoms with Gasteiger partial charge in [-0.2, -0.15) is 13.2 Å². The number of alkyl halides is 3. The minimum Gasteiger partial charge on any atom is -0.350 e. The molecule has 0 radical (unpaired) electrons. The highest BCUT2D eigenvalue weighted by atomic mass is 35.5. The zero-order valence-corrected chi connectivity index (χ0v) is 23.9. The van der Waals surface area contributed by atoms with Crippen LogP contribution < -0.4 is 9.62 Å². The molecule has 2 aromatic carbocycles. The van der Waals surface area contributed by atoms with Gasteiger partial charge in [0.2, 0.25) is 21.8 Å². The Morgan fingerprint density at radius 1 is 1.03 bits per heavy atom. The Morgan fingerprint density at radius 3 is 2.08 bits per heavy atom. The SMILES string of the molecule is CCC(C(=O)NC(C)(C)C)N(Cc1ccc(Cl)cc1)C(=O)CN(c1cc(C(F)(F)F)ccc1Cl)S(C)(=O)=O. The maximum atomic E-state index is 13.7. The quantitative estimate of drug-likeness (QED) is 0.414. The number of sulfonamides is 1. The summed E-state index contributed by atoms with van der Waals surface area (Å²) in [4.78, 5) is 28.0. The zero-order valence-electron chi connectivity index (χ0n) is 21.6. The minimum absolute atomic E-state index is 0.0833. The fourth-order valence-corrected chi connectivity index (χ4v) is 4.88. The second-order valence-corrected chi connectivity index (χ2v) is 12.5. The molecule has 0 heterocycles. The first-order valence-electron chi connectivity index (χ1n) is 11.5. The molecule has 1 N–H and O–H groups in total. The van der Waals surface area contributed by atoms with E-state index in [0.29, 0.717) is 27.0 Å². The summed E-state index contributed by atoms with van der Waals surface area (Å²) in [6.07, 6.45) is -3.83. The highest BCUT2D eigenvalue weighted by Crippen LogP contribution is 2.36. The van der Waals surface area contributed by atoms with E-state index in [-0.39, 0.29) is 18.0 Å². The summed E-state index contributed by atoms with van der Waals surface area (Å²) in [6.45, 7) is 6.03. The van der Waals surface area contributed by atoms with Gasteiger partial charge in [0.05, 0.1) is 22.5 Å². The first-order valence-corrected chi connectivity index (χ1v) is 14.1. The molecule has 2 aromatic rings. The van der Waals surface area contributed by atoms with Crippen LogP contribution in [0.5, 0.6) is 0 Å². The number of carbonyl (C=O) groups is 2. The van der Waals surface area contributed by atoms with Crippen LogP contribution in [0.15, 0.2) is 42.5 Å². The number of hydrogen-bond acceptors (Lipinski definition) is 4. The molecule has 13 heteroatoms. The van der Waals surface area contributed by atoms with E-state index in [1.807, 2.05) is 0 Å². The van der Waals surface area contributed by atoms with Crippen molar-refractivity contribution in [1.29, 1.82) is 0 Å². The van der Waals surface area contributed by atoms with Gasteiger partial charge in [-0.25, -0.2) is 8.42 Å². The molecule has 2 rings (SSSR count). The molecule has 7 nitrogen and oxygen atoms in total. The molecule has 2 amide bonds. The molecule has 0 fully saturated rings. The second kappa shape index (κ2) is 12.1. The fraction of sp³-hybridized carbons (Fsp3) is 0.440. The van der Waals surface area contributed by atoms with Crippen molar-refractivity contribution in [2.75, 3.05) is 17.1 Å². The number of rotatable bonds is 9. The summed E-state index contributed by atoms with van der Waals surface area (Å²) < 4.78 is 65.9. The number of halogens is 5. The van der Waals surface area contributed by atoms with E-state index in [1.54, 1.807) is 52.0 Å². The van der Waals surface area contributed by atoms with E-state index in [2.05, 4.69) is 5.32 Å². The zero-order chi connectivity index (χ0) is 29.1. The smallest absolute Gasteiger partial charge is 0.350 e. The fourth-order valence-electron chi connectivity index (χ4n) is 3.63. The Kier molecular flexibility index (Phi) is 10.1. The number of hydrogen-bond donors (Lipinski definition) is 1. The van der Waals surface area contributed by atoms with Crippen molar-refractivity contribution in [1.82, 2.24) is 10.2 Å². The number of carbonyl (C=O) groups excluding carboxylic acids is 2. The number of nitrogens with zero attached hydrogens (tertiary/aromatic N) is 2. The third-order valence-corrected chi connectivity index (χ3v) is 7.07. The van der Waals surface area contributed by atoms with Gasteiger partial charge < -0.3 is 10.2 Å². The van der Waals surface area contributed by atoms with Crippen molar-refractivity contribution in [2.24, 2.45) is 0 Å². The average Bonchev–Trinajstić information content (AvgIpc) is 2.76. The second-order valence-electron chi connectivity index (χ2n) is 9.74.